The van der Waals surface area contributed by atoms with Gasteiger partial charge in [-0.3, -0.25) is 10.2 Å². The molecule has 4 heterocycles. The van der Waals surface area contributed by atoms with Crippen molar-refractivity contribution < 1.29 is 18.6 Å². The zero-order valence-corrected chi connectivity index (χ0v) is 17.6. The van der Waals surface area contributed by atoms with Gasteiger partial charge in [0.25, 0.3) is 0 Å². The molecule has 2 aromatic rings. The predicted molar refractivity (Wildman–Crippen MR) is 111 cm³/mol. The Morgan fingerprint density at radius 2 is 2.03 bits per heavy atom. The maximum Gasteiger partial charge on any atom is 0.318 e. The van der Waals surface area contributed by atoms with Gasteiger partial charge in [-0.2, -0.15) is 0 Å². The average Bonchev–Trinajstić information content (AvgIpc) is 3.23. The van der Waals surface area contributed by atoms with Crippen molar-refractivity contribution in [3.8, 4) is 11.5 Å². The first kappa shape index (κ1) is 19.9. The van der Waals surface area contributed by atoms with Gasteiger partial charge >= 0.3 is 6.01 Å². The molecule has 1 N–H and O–H groups in total. The molecule has 1 aromatic heterocycles. The summed E-state index contributed by atoms with van der Waals surface area (Å²) in [6.07, 6.45) is 6.82. The van der Waals surface area contributed by atoms with Gasteiger partial charge in [0.15, 0.2) is 11.5 Å². The smallest absolute Gasteiger partial charge is 0.318 e. The Labute approximate surface area is 180 Å². The second-order valence-corrected chi connectivity index (χ2v) is 8.53. The lowest BCUT2D eigenvalue weighted by Gasteiger charge is -2.36. The summed E-state index contributed by atoms with van der Waals surface area (Å²) in [6.45, 7) is 3.15. The summed E-state index contributed by atoms with van der Waals surface area (Å²) in [4.78, 5) is 2.44. The van der Waals surface area contributed by atoms with Crippen molar-refractivity contribution in [2.45, 2.75) is 56.9 Å². The molecule has 0 saturated carbocycles. The number of nitrogens with one attached hydrogen (secondary N) is 1. The van der Waals surface area contributed by atoms with Crippen LogP contribution in [0.5, 0.6) is 11.5 Å². The van der Waals surface area contributed by atoms with Gasteiger partial charge in [-0.05, 0) is 50.8 Å². The van der Waals surface area contributed by atoms with Gasteiger partial charge in [-0.15, -0.1) is 5.10 Å². The van der Waals surface area contributed by atoms with E-state index in [1.165, 1.54) is 19.3 Å². The van der Waals surface area contributed by atoms with E-state index in [0.717, 1.165) is 39.0 Å². The van der Waals surface area contributed by atoms with Crippen molar-refractivity contribution in [1.29, 1.82) is 0 Å². The van der Waals surface area contributed by atoms with E-state index in [0.29, 0.717) is 41.1 Å². The number of hydrogen-bond acceptors (Lipinski definition) is 8. The molecule has 3 aliphatic heterocycles. The Morgan fingerprint density at radius 1 is 1.10 bits per heavy atom. The zero-order chi connectivity index (χ0) is 20.3. The van der Waals surface area contributed by atoms with Crippen molar-refractivity contribution in [2.75, 3.05) is 31.6 Å². The molecule has 0 radical (unpaired) electrons. The minimum Gasteiger partial charge on any atom is -0.484 e. The fourth-order valence-corrected chi connectivity index (χ4v) is 4.55. The molecule has 1 aromatic carbocycles. The van der Waals surface area contributed by atoms with Crippen LogP contribution < -0.4 is 14.8 Å². The topological polar surface area (TPSA) is 81.9 Å². The molecule has 30 heavy (non-hydrogen) atoms. The summed E-state index contributed by atoms with van der Waals surface area (Å²) in [5.74, 6) is 1.92. The van der Waals surface area contributed by atoms with Crippen LogP contribution in [-0.4, -0.2) is 53.7 Å². The number of anilines is 1. The lowest BCUT2D eigenvalue weighted by molar-refractivity contribution is -0.0225. The van der Waals surface area contributed by atoms with Gasteiger partial charge in [0.05, 0.1) is 12.1 Å². The number of likely N-dealkylation sites (tertiary alicyclic amines) is 1. The Bertz CT molecular complexity index is 857. The number of piperidine rings is 1. The van der Waals surface area contributed by atoms with E-state index in [-0.39, 0.29) is 6.04 Å². The van der Waals surface area contributed by atoms with Crippen LogP contribution >= 0.6 is 11.6 Å². The molecule has 5 rings (SSSR count). The summed E-state index contributed by atoms with van der Waals surface area (Å²) < 4.78 is 23.6. The highest BCUT2D eigenvalue weighted by atomic mass is 35.5. The Balaban J connectivity index is 1.22. The molecular weight excluding hydrogens is 408 g/mol. The normalized spacial score (nSPS) is 27.0. The molecule has 0 aliphatic carbocycles. The number of benzene rings is 1. The Kier molecular flexibility index (Phi) is 5.97. The van der Waals surface area contributed by atoms with Crippen molar-refractivity contribution in [1.82, 2.24) is 15.1 Å². The maximum atomic E-state index is 6.00. The molecule has 8 nitrogen and oxygen atoms in total. The number of aromatic nitrogens is 2. The number of halogens is 1. The second kappa shape index (κ2) is 8.99. The van der Waals surface area contributed by atoms with Crippen LogP contribution in [0.3, 0.4) is 0 Å². The van der Waals surface area contributed by atoms with E-state index in [1.807, 2.05) is 0 Å². The Hall–Kier alpha value is -2.03. The third-order valence-corrected chi connectivity index (χ3v) is 6.14. The fraction of sp³-hybridized carbons (Fsp3) is 0.619. The molecule has 162 valence electrons. The number of nitrogens with zero attached hydrogens (tertiary/aromatic N) is 3. The molecule has 3 aliphatic rings. The lowest BCUT2D eigenvalue weighted by Crippen LogP contribution is -2.41. The number of rotatable bonds is 5. The van der Waals surface area contributed by atoms with Crippen LogP contribution in [0, 0.1) is 0 Å². The molecule has 0 bridgehead atoms. The van der Waals surface area contributed by atoms with Crippen molar-refractivity contribution in [3.05, 3.63) is 29.1 Å². The van der Waals surface area contributed by atoms with Gasteiger partial charge in [0.1, 0.15) is 6.61 Å². The van der Waals surface area contributed by atoms with E-state index in [9.17, 15) is 0 Å². The van der Waals surface area contributed by atoms with Gasteiger partial charge in [0, 0.05) is 24.2 Å². The SMILES string of the molecule is Clc1ccc2c(c1)OCC(Nc1nnc(C3CCCCN3CC3CCCCO3)o1)O2. The van der Waals surface area contributed by atoms with Crippen LogP contribution in [0.15, 0.2) is 22.6 Å². The molecular formula is C21H27ClN4O4. The van der Waals surface area contributed by atoms with Crippen molar-refractivity contribution in [3.63, 3.8) is 0 Å². The second-order valence-electron chi connectivity index (χ2n) is 8.09. The quantitative estimate of drug-likeness (QED) is 0.755. The third kappa shape index (κ3) is 4.50. The first-order valence-corrected chi connectivity index (χ1v) is 11.2. The standard InChI is InChI=1S/C21H27ClN4O4/c22-14-7-8-17-18(11-14)28-13-19(29-17)23-21-25-24-20(30-21)16-6-1-3-9-26(16)12-15-5-2-4-10-27-15/h7-8,11,15-16,19H,1-6,9-10,12-13H2,(H,23,25). The van der Waals surface area contributed by atoms with E-state index in [2.05, 4.69) is 20.4 Å². The van der Waals surface area contributed by atoms with E-state index in [4.69, 9.17) is 30.2 Å². The summed E-state index contributed by atoms with van der Waals surface area (Å²) in [5, 5.41) is 12.3. The van der Waals surface area contributed by atoms with Crippen LogP contribution in [0.25, 0.3) is 0 Å². The molecule has 2 fully saturated rings. The summed E-state index contributed by atoms with van der Waals surface area (Å²) in [7, 11) is 0. The van der Waals surface area contributed by atoms with Gasteiger partial charge in [-0.25, -0.2) is 0 Å². The first-order valence-electron chi connectivity index (χ1n) is 10.8. The van der Waals surface area contributed by atoms with Gasteiger partial charge in [-0.1, -0.05) is 23.1 Å². The van der Waals surface area contributed by atoms with Crippen molar-refractivity contribution in [2.24, 2.45) is 0 Å². The van der Waals surface area contributed by atoms with E-state index in [1.54, 1.807) is 18.2 Å². The van der Waals surface area contributed by atoms with Crippen LogP contribution in [0.2, 0.25) is 5.02 Å². The summed E-state index contributed by atoms with van der Waals surface area (Å²) in [6, 6.07) is 5.78. The third-order valence-electron chi connectivity index (χ3n) is 5.90. The molecule has 0 spiro atoms. The Morgan fingerprint density at radius 3 is 2.93 bits per heavy atom. The predicted octanol–water partition coefficient (Wildman–Crippen LogP) is 4.03. The van der Waals surface area contributed by atoms with Crippen LogP contribution in [0.1, 0.15) is 50.5 Å². The molecule has 9 heteroatoms. The van der Waals surface area contributed by atoms with Crippen LogP contribution in [0.4, 0.5) is 6.01 Å². The van der Waals surface area contributed by atoms with Crippen molar-refractivity contribution >= 4 is 17.6 Å². The largest absolute Gasteiger partial charge is 0.484 e. The van der Waals surface area contributed by atoms with E-state index < -0.39 is 6.23 Å². The highest BCUT2D eigenvalue weighted by Gasteiger charge is 2.31. The van der Waals surface area contributed by atoms with E-state index >= 15 is 0 Å². The van der Waals surface area contributed by atoms with Gasteiger partial charge in [0.2, 0.25) is 12.1 Å². The zero-order valence-electron chi connectivity index (χ0n) is 16.9. The summed E-state index contributed by atoms with van der Waals surface area (Å²) >= 11 is 6.00. The summed E-state index contributed by atoms with van der Waals surface area (Å²) in [5.41, 5.74) is 0. The molecule has 2 saturated heterocycles. The number of hydrogen-bond donors (Lipinski definition) is 1. The maximum absolute atomic E-state index is 6.00. The molecule has 3 unspecified atom stereocenters. The van der Waals surface area contributed by atoms with Crippen LogP contribution in [-0.2, 0) is 4.74 Å². The highest BCUT2D eigenvalue weighted by molar-refractivity contribution is 6.30. The molecule has 0 amide bonds. The van der Waals surface area contributed by atoms with Gasteiger partial charge < -0.3 is 18.6 Å². The molecule has 3 atom stereocenters. The average molecular weight is 435 g/mol. The lowest BCUT2D eigenvalue weighted by atomic mass is 10.00. The monoisotopic (exact) mass is 434 g/mol. The number of ether oxygens (including phenoxy) is 3. The first-order chi connectivity index (χ1) is 14.7. The number of fused-ring (bicyclic) bond motifs is 1. The highest BCUT2D eigenvalue weighted by Crippen LogP contribution is 2.35. The minimum absolute atomic E-state index is 0.138. The fourth-order valence-electron chi connectivity index (χ4n) is 4.38. The minimum atomic E-state index is -0.412.